The molecule has 1 atom stereocenters. The number of anilines is 3. The van der Waals surface area contributed by atoms with Crippen molar-refractivity contribution in [2.24, 2.45) is 11.0 Å². The number of nitrogens with zero attached hydrogens (tertiary/aromatic N) is 4. The highest BCUT2D eigenvalue weighted by atomic mass is 16.3. The molecule has 2 N–H and O–H groups in total. The molecule has 0 saturated carbocycles. The molecule has 1 amide bonds. The lowest BCUT2D eigenvalue weighted by molar-refractivity contribution is -0.116. The van der Waals surface area contributed by atoms with Gasteiger partial charge >= 0.3 is 0 Å². The lowest BCUT2D eigenvalue weighted by Crippen LogP contribution is -2.37. The highest BCUT2D eigenvalue weighted by Crippen LogP contribution is 2.28. The van der Waals surface area contributed by atoms with E-state index in [0.717, 1.165) is 43.1 Å². The van der Waals surface area contributed by atoms with Gasteiger partial charge in [-0.1, -0.05) is 18.2 Å². The van der Waals surface area contributed by atoms with Crippen molar-refractivity contribution in [3.8, 4) is 12.3 Å². The van der Waals surface area contributed by atoms with Gasteiger partial charge < -0.3 is 15.3 Å². The predicted molar refractivity (Wildman–Crippen MR) is 125 cm³/mol. The van der Waals surface area contributed by atoms with Crippen molar-refractivity contribution in [3.63, 3.8) is 0 Å². The fourth-order valence-electron chi connectivity index (χ4n) is 3.80. The van der Waals surface area contributed by atoms with Gasteiger partial charge in [0.2, 0.25) is 0 Å². The molecular formula is C24H29N5O2. The third kappa shape index (κ3) is 5.22. The molecule has 0 bridgehead atoms. The fourth-order valence-corrected chi connectivity index (χ4v) is 3.80. The second-order valence-electron chi connectivity index (χ2n) is 7.51. The summed E-state index contributed by atoms with van der Waals surface area (Å²) in [4.78, 5) is 19.6. The monoisotopic (exact) mass is 419 g/mol. The summed E-state index contributed by atoms with van der Waals surface area (Å²) >= 11 is 0. The fraction of sp³-hybridized carbons (Fsp3) is 0.375. The minimum atomic E-state index is -0.0613. The molecule has 0 radical (unpaired) electrons. The minimum Gasteiger partial charge on any atom is -0.396 e. The lowest BCUT2D eigenvalue weighted by atomic mass is 9.99. The van der Waals surface area contributed by atoms with Gasteiger partial charge in [0.05, 0.1) is 23.5 Å². The van der Waals surface area contributed by atoms with E-state index in [1.807, 2.05) is 49.5 Å². The lowest BCUT2D eigenvalue weighted by Gasteiger charge is -2.33. The highest BCUT2D eigenvalue weighted by Gasteiger charge is 2.29. The van der Waals surface area contributed by atoms with Crippen LogP contribution in [0.1, 0.15) is 31.9 Å². The number of hydrogen-bond acceptors (Lipinski definition) is 6. The molecule has 0 spiro atoms. The van der Waals surface area contributed by atoms with Crippen molar-refractivity contribution in [1.82, 2.24) is 4.98 Å². The molecule has 1 unspecified atom stereocenters. The maximum absolute atomic E-state index is 12.6. The second kappa shape index (κ2) is 10.6. The summed E-state index contributed by atoms with van der Waals surface area (Å²) in [6, 6.07) is 13.4. The number of piperidine rings is 1. The number of pyridine rings is 1. The zero-order chi connectivity index (χ0) is 22.2. The molecule has 162 valence electrons. The number of para-hydroxylation sites is 1. The Morgan fingerprint density at radius 2 is 2.00 bits per heavy atom. The Hall–Kier alpha value is -3.37. The van der Waals surface area contributed by atoms with Crippen LogP contribution in [0.5, 0.6) is 0 Å². The van der Waals surface area contributed by atoms with Crippen LogP contribution in [0.3, 0.4) is 0 Å². The van der Waals surface area contributed by atoms with Crippen molar-refractivity contribution in [3.05, 3.63) is 48.2 Å². The van der Waals surface area contributed by atoms with E-state index in [1.165, 1.54) is 5.01 Å². The average molecular weight is 420 g/mol. The van der Waals surface area contributed by atoms with Crippen LogP contribution in [0.25, 0.3) is 0 Å². The summed E-state index contributed by atoms with van der Waals surface area (Å²) in [6.45, 7) is 3.57. The molecule has 1 fully saturated rings. The molecule has 1 aromatic heterocycles. The van der Waals surface area contributed by atoms with Crippen molar-refractivity contribution in [1.29, 1.82) is 0 Å². The first-order chi connectivity index (χ1) is 15.1. The number of aliphatic hydroxyl groups is 1. The molecule has 0 aliphatic carbocycles. The van der Waals surface area contributed by atoms with Crippen molar-refractivity contribution in [2.45, 2.75) is 26.2 Å². The summed E-state index contributed by atoms with van der Waals surface area (Å²) in [5.41, 5.74) is 2.97. The van der Waals surface area contributed by atoms with Gasteiger partial charge in [0.25, 0.3) is 5.91 Å². The number of hydrogen-bond donors (Lipinski definition) is 2. The molecular weight excluding hydrogens is 390 g/mol. The Balaban J connectivity index is 0.000000858. The highest BCUT2D eigenvalue weighted by molar-refractivity contribution is 6.20. The molecule has 3 heterocycles. The summed E-state index contributed by atoms with van der Waals surface area (Å²) in [7, 11) is 1.84. The van der Waals surface area contributed by atoms with E-state index in [9.17, 15) is 9.90 Å². The zero-order valence-corrected chi connectivity index (χ0v) is 18.1. The van der Waals surface area contributed by atoms with E-state index < -0.39 is 0 Å². The molecule has 4 rings (SSSR count). The maximum atomic E-state index is 12.6. The van der Waals surface area contributed by atoms with Crippen LogP contribution in [0.4, 0.5) is 17.2 Å². The number of nitrogens with one attached hydrogen (secondary N) is 1. The molecule has 2 aliphatic heterocycles. The number of rotatable bonds is 5. The maximum Gasteiger partial charge on any atom is 0.253 e. The molecule has 7 heteroatoms. The van der Waals surface area contributed by atoms with E-state index in [2.05, 4.69) is 27.7 Å². The number of hydrazone groups is 1. The quantitative estimate of drug-likeness (QED) is 0.728. The summed E-state index contributed by atoms with van der Waals surface area (Å²) in [5, 5.41) is 18.7. The molecule has 1 saturated heterocycles. The molecule has 2 aliphatic rings. The zero-order valence-electron chi connectivity index (χ0n) is 18.1. The Morgan fingerprint density at radius 1 is 1.26 bits per heavy atom. The first kappa shape index (κ1) is 22.3. The van der Waals surface area contributed by atoms with Crippen LogP contribution in [0, 0.1) is 18.3 Å². The largest absolute Gasteiger partial charge is 0.396 e. The number of aliphatic hydroxyl groups excluding tert-OH is 1. The Kier molecular flexibility index (Phi) is 7.63. The average Bonchev–Trinajstić information content (AvgIpc) is 3.21. The van der Waals surface area contributed by atoms with Crippen molar-refractivity contribution < 1.29 is 9.90 Å². The van der Waals surface area contributed by atoms with Gasteiger partial charge in [-0.3, -0.25) is 4.79 Å². The van der Waals surface area contributed by atoms with Gasteiger partial charge in [-0.05, 0) is 49.9 Å². The Morgan fingerprint density at radius 3 is 2.68 bits per heavy atom. The topological polar surface area (TPSA) is 81.1 Å². The SMILES string of the molecule is C#CC.CNc1ccc(N2CCCC(CO)C2)nc1C1=NN(c2ccccc2)C(=O)C1. The molecule has 7 nitrogen and oxygen atoms in total. The molecule has 2 aromatic rings. The Labute approximate surface area is 183 Å². The summed E-state index contributed by atoms with van der Waals surface area (Å²) < 4.78 is 0. The Bertz CT molecular complexity index is 968. The number of benzene rings is 1. The van der Waals surface area contributed by atoms with Crippen LogP contribution in [-0.4, -0.2) is 48.5 Å². The smallest absolute Gasteiger partial charge is 0.253 e. The second-order valence-corrected chi connectivity index (χ2v) is 7.51. The van der Waals surface area contributed by atoms with Gasteiger partial charge in [0, 0.05) is 26.7 Å². The minimum absolute atomic E-state index is 0.0613. The van der Waals surface area contributed by atoms with Gasteiger partial charge in [-0.15, -0.1) is 12.3 Å². The van der Waals surface area contributed by atoms with Crippen LogP contribution >= 0.6 is 0 Å². The van der Waals surface area contributed by atoms with E-state index >= 15 is 0 Å². The van der Waals surface area contributed by atoms with Crippen LogP contribution in [-0.2, 0) is 4.79 Å². The van der Waals surface area contributed by atoms with Crippen LogP contribution < -0.4 is 15.2 Å². The number of terminal acetylenes is 1. The standard InChI is InChI=1S/C21H25N5O2.C3H4/c1-22-17-9-10-19(25-11-5-6-15(13-25)14-27)23-21(17)18-12-20(28)26(24-18)16-7-3-2-4-8-16;1-3-2/h2-4,7-10,15,22,27H,5-6,11-14H2,1H3;1H,2H3. The van der Waals surface area contributed by atoms with Crippen molar-refractivity contribution in [2.75, 3.05) is 42.0 Å². The van der Waals surface area contributed by atoms with E-state index in [4.69, 9.17) is 4.98 Å². The first-order valence-corrected chi connectivity index (χ1v) is 10.5. The van der Waals surface area contributed by atoms with Crippen LogP contribution in [0.2, 0.25) is 0 Å². The summed E-state index contributed by atoms with van der Waals surface area (Å²) in [5.74, 6) is 3.33. The van der Waals surface area contributed by atoms with Gasteiger partial charge in [0.1, 0.15) is 11.5 Å². The number of aromatic nitrogens is 1. The number of carbonyl (C=O) groups excluding carboxylic acids is 1. The molecule has 1 aromatic carbocycles. The third-order valence-electron chi connectivity index (χ3n) is 5.30. The van der Waals surface area contributed by atoms with E-state index in [-0.39, 0.29) is 24.9 Å². The third-order valence-corrected chi connectivity index (χ3v) is 5.30. The van der Waals surface area contributed by atoms with Crippen LogP contribution in [0.15, 0.2) is 47.6 Å². The van der Waals surface area contributed by atoms with Gasteiger partial charge in [0.15, 0.2) is 0 Å². The normalized spacial score (nSPS) is 18.1. The first-order valence-electron chi connectivity index (χ1n) is 10.5. The number of amides is 1. The van der Waals surface area contributed by atoms with E-state index in [0.29, 0.717) is 11.4 Å². The predicted octanol–water partition coefficient (Wildman–Crippen LogP) is 3.11. The number of carbonyl (C=O) groups is 1. The molecule has 31 heavy (non-hydrogen) atoms. The summed E-state index contributed by atoms with van der Waals surface area (Å²) in [6.07, 6.45) is 6.90. The van der Waals surface area contributed by atoms with E-state index in [1.54, 1.807) is 6.92 Å². The van der Waals surface area contributed by atoms with Gasteiger partial charge in [-0.25, -0.2) is 9.99 Å². The van der Waals surface area contributed by atoms with Crippen molar-refractivity contribution >= 4 is 28.8 Å². The van der Waals surface area contributed by atoms with Gasteiger partial charge in [-0.2, -0.15) is 5.10 Å².